The Balaban J connectivity index is 1.44. The van der Waals surface area contributed by atoms with E-state index < -0.39 is 31.8 Å². The summed E-state index contributed by atoms with van der Waals surface area (Å²) in [5.41, 5.74) is 1.56. The Kier molecular flexibility index (Phi) is 7.74. The fraction of sp³-hybridized carbons (Fsp3) is 0.0769. The summed E-state index contributed by atoms with van der Waals surface area (Å²) in [6.07, 6.45) is 2.53. The number of pyridine rings is 1. The predicted octanol–water partition coefficient (Wildman–Crippen LogP) is 4.24. The molecular formula is C26H23FN4O5S2. The van der Waals surface area contributed by atoms with E-state index >= 15 is 0 Å². The van der Waals surface area contributed by atoms with Crippen molar-refractivity contribution in [3.8, 4) is 0 Å². The molecule has 0 spiro atoms. The van der Waals surface area contributed by atoms with Gasteiger partial charge in [0.25, 0.3) is 15.9 Å². The number of aromatic nitrogens is 1. The van der Waals surface area contributed by atoms with Gasteiger partial charge in [0.1, 0.15) is 11.6 Å². The lowest BCUT2D eigenvalue weighted by atomic mass is 10.1. The first-order chi connectivity index (χ1) is 18.0. The highest BCUT2D eigenvalue weighted by Crippen LogP contribution is 2.23. The highest BCUT2D eigenvalue weighted by Gasteiger charge is 2.19. The maximum Gasteiger partial charge on any atom is 0.263 e. The molecule has 0 atom stereocenters. The van der Waals surface area contributed by atoms with Gasteiger partial charge in [0.05, 0.1) is 23.4 Å². The average molecular weight is 555 g/mol. The van der Waals surface area contributed by atoms with Crippen LogP contribution in [0.15, 0.2) is 102 Å². The summed E-state index contributed by atoms with van der Waals surface area (Å²) in [7, 11) is -7.52. The molecule has 0 aliphatic heterocycles. The third-order valence-electron chi connectivity index (χ3n) is 5.38. The van der Waals surface area contributed by atoms with Gasteiger partial charge < -0.3 is 5.32 Å². The molecule has 0 saturated heterocycles. The van der Waals surface area contributed by atoms with Crippen molar-refractivity contribution in [2.24, 2.45) is 0 Å². The maximum atomic E-state index is 13.2. The van der Waals surface area contributed by atoms with Crippen molar-refractivity contribution < 1.29 is 26.0 Å². The average Bonchev–Trinajstić information content (AvgIpc) is 2.88. The van der Waals surface area contributed by atoms with Gasteiger partial charge in [-0.1, -0.05) is 18.2 Å². The van der Waals surface area contributed by atoms with Gasteiger partial charge in [0, 0.05) is 17.4 Å². The predicted molar refractivity (Wildman–Crippen MR) is 143 cm³/mol. The second-order valence-electron chi connectivity index (χ2n) is 8.24. The second-order valence-corrected chi connectivity index (χ2v) is 11.8. The van der Waals surface area contributed by atoms with E-state index in [1.165, 1.54) is 85.1 Å². The number of rotatable bonds is 9. The van der Waals surface area contributed by atoms with Crippen molar-refractivity contribution in [2.45, 2.75) is 11.4 Å². The number of sulfonamides is 2. The van der Waals surface area contributed by atoms with Gasteiger partial charge in [0.15, 0.2) is 0 Å². The summed E-state index contributed by atoms with van der Waals surface area (Å²) >= 11 is 0. The minimum atomic E-state index is -3.86. The number of hydrogen-bond donors (Lipinski definition) is 2. The zero-order valence-electron chi connectivity index (χ0n) is 20.1. The summed E-state index contributed by atoms with van der Waals surface area (Å²) < 4.78 is 66.6. The van der Waals surface area contributed by atoms with Gasteiger partial charge >= 0.3 is 0 Å². The van der Waals surface area contributed by atoms with Crippen molar-refractivity contribution in [1.29, 1.82) is 0 Å². The minimum absolute atomic E-state index is 0.00486. The van der Waals surface area contributed by atoms with E-state index in [4.69, 9.17) is 0 Å². The van der Waals surface area contributed by atoms with Gasteiger partial charge in [-0.15, -0.1) is 0 Å². The maximum absolute atomic E-state index is 13.2. The molecule has 12 heteroatoms. The Morgan fingerprint density at radius 1 is 0.868 bits per heavy atom. The first-order valence-corrected chi connectivity index (χ1v) is 14.5. The summed E-state index contributed by atoms with van der Waals surface area (Å²) in [5, 5.41) is 2.68. The Morgan fingerprint density at radius 2 is 1.53 bits per heavy atom. The summed E-state index contributed by atoms with van der Waals surface area (Å²) in [4.78, 5) is 16.7. The Bertz CT molecular complexity index is 1630. The van der Waals surface area contributed by atoms with Crippen LogP contribution < -0.4 is 14.3 Å². The number of carbonyl (C=O) groups excluding carboxylic acids is 1. The molecule has 1 heterocycles. The van der Waals surface area contributed by atoms with Crippen LogP contribution in [0.5, 0.6) is 0 Å². The SMILES string of the molecule is CS(=O)(=O)N(Cc1ccc(F)cc1)c1ccc(C(=O)Nc2ccc(S(=O)(=O)Nc3ccccn3)cc2)cc1. The van der Waals surface area contributed by atoms with E-state index in [1.54, 1.807) is 12.1 Å². The third kappa shape index (κ3) is 6.72. The zero-order chi connectivity index (χ0) is 27.3. The van der Waals surface area contributed by atoms with E-state index in [-0.39, 0.29) is 22.8 Å². The molecular weight excluding hydrogens is 531 g/mol. The molecule has 0 fully saturated rings. The van der Waals surface area contributed by atoms with E-state index in [9.17, 15) is 26.0 Å². The van der Waals surface area contributed by atoms with Crippen LogP contribution in [0.25, 0.3) is 0 Å². The summed E-state index contributed by atoms with van der Waals surface area (Å²) in [5.74, 6) is -0.712. The van der Waals surface area contributed by atoms with E-state index in [2.05, 4.69) is 15.0 Å². The molecule has 1 aromatic heterocycles. The number of anilines is 3. The lowest BCUT2D eigenvalue weighted by molar-refractivity contribution is 0.102. The molecule has 0 bridgehead atoms. The molecule has 0 aliphatic rings. The molecule has 4 rings (SSSR count). The fourth-order valence-corrected chi connectivity index (χ4v) is 5.37. The molecule has 3 aromatic carbocycles. The largest absolute Gasteiger partial charge is 0.322 e. The number of halogens is 1. The Morgan fingerprint density at radius 3 is 2.11 bits per heavy atom. The molecule has 0 aliphatic carbocycles. The first kappa shape index (κ1) is 26.8. The van der Waals surface area contributed by atoms with Crippen LogP contribution in [0.4, 0.5) is 21.6 Å². The summed E-state index contributed by atoms with van der Waals surface area (Å²) in [6.45, 7) is -0.00486. The van der Waals surface area contributed by atoms with E-state index in [0.29, 0.717) is 16.9 Å². The molecule has 0 radical (unpaired) electrons. The highest BCUT2D eigenvalue weighted by atomic mass is 32.2. The van der Waals surface area contributed by atoms with Crippen molar-refractivity contribution in [1.82, 2.24) is 4.98 Å². The highest BCUT2D eigenvalue weighted by molar-refractivity contribution is 7.92. The number of benzene rings is 3. The van der Waals surface area contributed by atoms with Gasteiger partial charge in [0.2, 0.25) is 10.0 Å². The Labute approximate surface area is 220 Å². The van der Waals surface area contributed by atoms with Crippen molar-refractivity contribution >= 4 is 43.1 Å². The number of amides is 1. The normalized spacial score (nSPS) is 11.5. The van der Waals surface area contributed by atoms with Crippen LogP contribution in [-0.2, 0) is 26.6 Å². The standard InChI is InChI=1S/C26H23FN4O5S2/c1-37(33,34)31(18-19-5-9-21(27)10-6-19)23-13-7-20(8-14-23)26(32)29-22-11-15-24(16-12-22)38(35,36)30-25-4-2-3-17-28-25/h2-17H,18H2,1H3,(H,28,30)(H,29,32). The number of hydrogen-bond acceptors (Lipinski definition) is 6. The number of nitrogens with one attached hydrogen (secondary N) is 2. The van der Waals surface area contributed by atoms with Crippen molar-refractivity contribution in [3.05, 3.63) is 114 Å². The molecule has 1 amide bonds. The first-order valence-electron chi connectivity index (χ1n) is 11.2. The van der Waals surface area contributed by atoms with Gasteiger partial charge in [-0.2, -0.15) is 0 Å². The molecule has 9 nitrogen and oxygen atoms in total. The van der Waals surface area contributed by atoms with Crippen LogP contribution >= 0.6 is 0 Å². The van der Waals surface area contributed by atoms with Crippen molar-refractivity contribution in [2.75, 3.05) is 20.6 Å². The van der Waals surface area contributed by atoms with E-state index in [1.807, 2.05) is 0 Å². The Hall–Kier alpha value is -4.29. The molecule has 2 N–H and O–H groups in total. The van der Waals surface area contributed by atoms with Crippen LogP contribution in [-0.4, -0.2) is 34.0 Å². The molecule has 4 aromatic rings. The van der Waals surface area contributed by atoms with Gasteiger partial charge in [-0.05, 0) is 78.4 Å². The van der Waals surface area contributed by atoms with Crippen LogP contribution in [0, 0.1) is 5.82 Å². The fourth-order valence-electron chi connectivity index (χ4n) is 3.48. The number of nitrogens with zero attached hydrogens (tertiary/aromatic N) is 2. The zero-order valence-corrected chi connectivity index (χ0v) is 21.7. The molecule has 38 heavy (non-hydrogen) atoms. The van der Waals surface area contributed by atoms with Gasteiger partial charge in [-0.3, -0.25) is 13.8 Å². The van der Waals surface area contributed by atoms with Crippen LogP contribution in [0.1, 0.15) is 15.9 Å². The third-order valence-corrected chi connectivity index (χ3v) is 7.89. The summed E-state index contributed by atoms with van der Waals surface area (Å²) in [6, 6.07) is 21.9. The van der Waals surface area contributed by atoms with Gasteiger partial charge in [-0.25, -0.2) is 26.2 Å². The monoisotopic (exact) mass is 554 g/mol. The van der Waals surface area contributed by atoms with E-state index in [0.717, 1.165) is 10.6 Å². The lowest BCUT2D eigenvalue weighted by Crippen LogP contribution is -2.29. The van der Waals surface area contributed by atoms with Crippen LogP contribution in [0.2, 0.25) is 0 Å². The second kappa shape index (κ2) is 11.0. The smallest absolute Gasteiger partial charge is 0.263 e. The molecule has 0 saturated carbocycles. The lowest BCUT2D eigenvalue weighted by Gasteiger charge is -2.22. The molecule has 0 unspecified atom stereocenters. The van der Waals surface area contributed by atoms with Crippen molar-refractivity contribution in [3.63, 3.8) is 0 Å². The molecule has 196 valence electrons. The van der Waals surface area contributed by atoms with Crippen LogP contribution in [0.3, 0.4) is 0 Å². The minimum Gasteiger partial charge on any atom is -0.322 e. The topological polar surface area (TPSA) is 126 Å². The quantitative estimate of drug-likeness (QED) is 0.319. The number of carbonyl (C=O) groups is 1.